The van der Waals surface area contributed by atoms with E-state index in [1.807, 2.05) is 23.9 Å². The maximum atomic E-state index is 8.92. The molecule has 1 aromatic rings. The monoisotopic (exact) mass is 247 g/mol. The van der Waals surface area contributed by atoms with E-state index in [2.05, 4.69) is 25.2 Å². The summed E-state index contributed by atoms with van der Waals surface area (Å²) in [4.78, 5) is 0. The molecule has 1 rings (SSSR count). The highest BCUT2D eigenvalue weighted by Gasteiger charge is 2.08. The fourth-order valence-electron chi connectivity index (χ4n) is 2.25. The van der Waals surface area contributed by atoms with Gasteiger partial charge in [-0.15, -0.1) is 0 Å². The molecular formula is C15H25N3. The van der Waals surface area contributed by atoms with Gasteiger partial charge in [-0.05, 0) is 24.5 Å². The zero-order valence-corrected chi connectivity index (χ0v) is 11.9. The van der Waals surface area contributed by atoms with Gasteiger partial charge in [0.25, 0.3) is 0 Å². The Balaban J connectivity index is 2.47. The van der Waals surface area contributed by atoms with Gasteiger partial charge in [0.15, 0.2) is 0 Å². The molecule has 0 aromatic carbocycles. The van der Waals surface area contributed by atoms with Crippen molar-refractivity contribution in [2.75, 3.05) is 0 Å². The Hall–Kier alpha value is -1.27. The van der Waals surface area contributed by atoms with E-state index in [0.717, 1.165) is 12.2 Å². The molecule has 0 fully saturated rings. The van der Waals surface area contributed by atoms with Gasteiger partial charge in [-0.25, -0.2) is 0 Å². The first kappa shape index (κ1) is 14.8. The largest absolute Gasteiger partial charge is 0.342 e. The lowest BCUT2D eigenvalue weighted by Crippen LogP contribution is -2.28. The van der Waals surface area contributed by atoms with E-state index < -0.39 is 0 Å². The first-order valence-electron chi connectivity index (χ1n) is 7.00. The molecule has 3 heteroatoms. The molecule has 1 unspecified atom stereocenters. The number of unbranched alkanes of at least 4 members (excludes halogenated alkanes) is 1. The van der Waals surface area contributed by atoms with Crippen LogP contribution in [0.1, 0.15) is 57.2 Å². The average molecular weight is 247 g/mol. The molecule has 1 N–H and O–H groups in total. The Morgan fingerprint density at radius 3 is 2.67 bits per heavy atom. The van der Waals surface area contributed by atoms with E-state index in [4.69, 9.17) is 5.26 Å². The van der Waals surface area contributed by atoms with Crippen LogP contribution in [0.25, 0.3) is 0 Å². The minimum absolute atomic E-state index is 0.612. The lowest BCUT2D eigenvalue weighted by Gasteiger charge is -2.17. The maximum absolute atomic E-state index is 8.92. The van der Waals surface area contributed by atoms with Crippen molar-refractivity contribution in [1.29, 1.82) is 5.26 Å². The lowest BCUT2D eigenvalue weighted by molar-refractivity contribution is 0.434. The van der Waals surface area contributed by atoms with Crippen molar-refractivity contribution in [2.45, 2.75) is 58.5 Å². The summed E-state index contributed by atoms with van der Waals surface area (Å²) < 4.78 is 1.89. The zero-order valence-electron chi connectivity index (χ0n) is 11.9. The minimum atomic E-state index is 0.612. The second-order valence-corrected chi connectivity index (χ2v) is 4.97. The topological polar surface area (TPSA) is 40.8 Å². The standard InChI is InChI=1S/C15H25N3/c1-4-6-8-14(7-5-2)17-11-13-9-15(10-16)18(3)12-13/h9,12,14,17H,4-8,11H2,1-3H3. The third-order valence-electron chi connectivity index (χ3n) is 3.31. The van der Waals surface area contributed by atoms with E-state index in [1.165, 1.54) is 37.7 Å². The summed E-state index contributed by atoms with van der Waals surface area (Å²) in [6, 6.07) is 4.78. The van der Waals surface area contributed by atoms with Gasteiger partial charge in [0, 0.05) is 25.8 Å². The second kappa shape index (κ2) is 7.94. The van der Waals surface area contributed by atoms with Crippen molar-refractivity contribution in [2.24, 2.45) is 7.05 Å². The Bertz CT molecular complexity index is 387. The van der Waals surface area contributed by atoms with Crippen LogP contribution in [-0.4, -0.2) is 10.6 Å². The number of nitrogens with zero attached hydrogens (tertiary/aromatic N) is 2. The second-order valence-electron chi connectivity index (χ2n) is 4.97. The third-order valence-corrected chi connectivity index (χ3v) is 3.31. The van der Waals surface area contributed by atoms with Crippen molar-refractivity contribution in [3.8, 4) is 6.07 Å². The molecule has 1 atom stereocenters. The summed E-state index contributed by atoms with van der Waals surface area (Å²) in [5.74, 6) is 0. The van der Waals surface area contributed by atoms with E-state index in [1.54, 1.807) is 0 Å². The Morgan fingerprint density at radius 1 is 1.33 bits per heavy atom. The lowest BCUT2D eigenvalue weighted by atomic mass is 10.0. The molecule has 1 heterocycles. The Labute approximate surface area is 111 Å². The van der Waals surface area contributed by atoms with Crippen molar-refractivity contribution in [3.05, 3.63) is 23.5 Å². The van der Waals surface area contributed by atoms with Gasteiger partial charge < -0.3 is 9.88 Å². The highest BCUT2D eigenvalue weighted by atomic mass is 14.9. The summed E-state index contributed by atoms with van der Waals surface area (Å²) in [6.07, 6.45) is 8.29. The molecule has 0 aliphatic rings. The summed E-state index contributed by atoms with van der Waals surface area (Å²) in [5, 5.41) is 12.5. The normalized spacial score (nSPS) is 12.3. The number of aromatic nitrogens is 1. The van der Waals surface area contributed by atoms with Crippen molar-refractivity contribution in [1.82, 2.24) is 9.88 Å². The number of hydrogen-bond acceptors (Lipinski definition) is 2. The number of nitriles is 1. The van der Waals surface area contributed by atoms with Crippen LogP contribution in [-0.2, 0) is 13.6 Å². The molecule has 0 aliphatic heterocycles. The van der Waals surface area contributed by atoms with E-state index >= 15 is 0 Å². The van der Waals surface area contributed by atoms with Crippen LogP contribution in [0.4, 0.5) is 0 Å². The molecule has 100 valence electrons. The molecule has 0 amide bonds. The molecule has 1 aromatic heterocycles. The van der Waals surface area contributed by atoms with Gasteiger partial charge in [-0.1, -0.05) is 33.1 Å². The SMILES string of the molecule is CCCCC(CCC)NCc1cc(C#N)n(C)c1. The van der Waals surface area contributed by atoms with Gasteiger partial charge in [-0.2, -0.15) is 5.26 Å². The predicted molar refractivity (Wildman–Crippen MR) is 75.2 cm³/mol. The Kier molecular flexibility index (Phi) is 6.53. The van der Waals surface area contributed by atoms with Crippen molar-refractivity contribution < 1.29 is 0 Å². The minimum Gasteiger partial charge on any atom is -0.342 e. The quantitative estimate of drug-likeness (QED) is 0.765. The molecule has 0 radical (unpaired) electrons. The molecule has 0 bridgehead atoms. The van der Waals surface area contributed by atoms with Gasteiger partial charge in [-0.3, -0.25) is 0 Å². The molecular weight excluding hydrogens is 222 g/mol. The van der Waals surface area contributed by atoms with Crippen LogP contribution >= 0.6 is 0 Å². The molecule has 3 nitrogen and oxygen atoms in total. The summed E-state index contributed by atoms with van der Waals surface area (Å²) in [5.41, 5.74) is 1.93. The van der Waals surface area contributed by atoms with Crippen LogP contribution in [0.5, 0.6) is 0 Å². The average Bonchev–Trinajstić information content (AvgIpc) is 2.73. The van der Waals surface area contributed by atoms with Crippen LogP contribution < -0.4 is 5.32 Å². The summed E-state index contributed by atoms with van der Waals surface area (Å²) >= 11 is 0. The van der Waals surface area contributed by atoms with Crippen molar-refractivity contribution in [3.63, 3.8) is 0 Å². The number of nitrogens with one attached hydrogen (secondary N) is 1. The molecule has 0 spiro atoms. The Morgan fingerprint density at radius 2 is 2.11 bits per heavy atom. The van der Waals surface area contributed by atoms with Crippen molar-refractivity contribution >= 4 is 0 Å². The third kappa shape index (κ3) is 4.54. The number of hydrogen-bond donors (Lipinski definition) is 1. The smallest absolute Gasteiger partial charge is 0.120 e. The fourth-order valence-corrected chi connectivity index (χ4v) is 2.25. The fraction of sp³-hybridized carbons (Fsp3) is 0.667. The highest BCUT2D eigenvalue weighted by molar-refractivity contribution is 5.28. The molecule has 0 saturated heterocycles. The number of rotatable bonds is 8. The predicted octanol–water partition coefficient (Wildman–Crippen LogP) is 3.35. The zero-order chi connectivity index (χ0) is 13.4. The van der Waals surface area contributed by atoms with Gasteiger partial charge in [0.1, 0.15) is 11.8 Å². The van der Waals surface area contributed by atoms with E-state index in [0.29, 0.717) is 6.04 Å². The van der Waals surface area contributed by atoms with Crippen LogP contribution in [0.3, 0.4) is 0 Å². The summed E-state index contributed by atoms with van der Waals surface area (Å²) in [6.45, 7) is 5.33. The summed E-state index contributed by atoms with van der Waals surface area (Å²) in [7, 11) is 1.92. The van der Waals surface area contributed by atoms with Gasteiger partial charge in [0.05, 0.1) is 0 Å². The first-order valence-corrected chi connectivity index (χ1v) is 7.00. The maximum Gasteiger partial charge on any atom is 0.120 e. The number of aryl methyl sites for hydroxylation is 1. The molecule has 0 aliphatic carbocycles. The van der Waals surface area contributed by atoms with Gasteiger partial charge >= 0.3 is 0 Å². The highest BCUT2D eigenvalue weighted by Crippen LogP contribution is 2.10. The van der Waals surface area contributed by atoms with Crippen LogP contribution in [0.15, 0.2) is 12.3 Å². The van der Waals surface area contributed by atoms with E-state index in [9.17, 15) is 0 Å². The van der Waals surface area contributed by atoms with Crippen LogP contribution in [0, 0.1) is 11.3 Å². The van der Waals surface area contributed by atoms with E-state index in [-0.39, 0.29) is 0 Å². The van der Waals surface area contributed by atoms with Crippen LogP contribution in [0.2, 0.25) is 0 Å². The molecule has 0 saturated carbocycles. The molecule has 18 heavy (non-hydrogen) atoms. The first-order chi connectivity index (χ1) is 8.71. The van der Waals surface area contributed by atoms with Gasteiger partial charge in [0.2, 0.25) is 0 Å².